The highest BCUT2D eigenvalue weighted by molar-refractivity contribution is 5.83. The van der Waals surface area contributed by atoms with E-state index in [2.05, 4.69) is 0 Å². The molecule has 1 aliphatic heterocycles. The van der Waals surface area contributed by atoms with Crippen molar-refractivity contribution < 1.29 is 19.7 Å². The Morgan fingerprint density at radius 2 is 2.27 bits per heavy atom. The summed E-state index contributed by atoms with van der Waals surface area (Å²) in [6.45, 7) is 1.97. The minimum absolute atomic E-state index is 0.0166. The fraction of sp³-hybridized carbons (Fsp3) is 0.364. The van der Waals surface area contributed by atoms with Crippen molar-refractivity contribution in [2.75, 3.05) is 6.61 Å². The van der Waals surface area contributed by atoms with Gasteiger partial charge in [0, 0.05) is 6.42 Å². The number of phenols is 1. The van der Waals surface area contributed by atoms with Gasteiger partial charge in [-0.25, -0.2) is 0 Å². The molecule has 0 amide bonds. The van der Waals surface area contributed by atoms with Gasteiger partial charge in [-0.2, -0.15) is 0 Å². The van der Waals surface area contributed by atoms with E-state index in [1.807, 2.05) is 0 Å². The molecule has 0 fully saturated rings. The highest BCUT2D eigenvalue weighted by Gasteiger charge is 2.42. The lowest BCUT2D eigenvalue weighted by atomic mass is 9.77. The summed E-state index contributed by atoms with van der Waals surface area (Å²) in [5.74, 6) is -0.489. The van der Waals surface area contributed by atoms with Crippen LogP contribution in [0.2, 0.25) is 0 Å². The second-order valence-electron chi connectivity index (χ2n) is 3.89. The maximum atomic E-state index is 11.2. The summed E-state index contributed by atoms with van der Waals surface area (Å²) in [6, 6.07) is 4.80. The standard InChI is InChI=1S/C11H12O4/c1-11(10(13)14)5-6-15-8-4-2-3-7(12)9(8)11/h2-4,12H,5-6H2,1H3,(H,13,14). The van der Waals surface area contributed by atoms with Crippen molar-refractivity contribution in [2.24, 2.45) is 0 Å². The number of fused-ring (bicyclic) bond motifs is 1. The third-order valence-corrected chi connectivity index (χ3v) is 2.89. The number of aliphatic carboxylic acids is 1. The van der Waals surface area contributed by atoms with E-state index in [1.165, 1.54) is 6.07 Å². The molecule has 4 heteroatoms. The van der Waals surface area contributed by atoms with Crippen LogP contribution in [-0.2, 0) is 10.2 Å². The predicted molar refractivity (Wildman–Crippen MR) is 53.2 cm³/mol. The molecule has 0 bridgehead atoms. The number of phenolic OH excluding ortho intramolecular Hbond substituents is 1. The van der Waals surface area contributed by atoms with E-state index in [0.717, 1.165) is 0 Å². The molecule has 1 aromatic carbocycles. The zero-order valence-electron chi connectivity index (χ0n) is 8.36. The number of hydrogen-bond acceptors (Lipinski definition) is 3. The Hall–Kier alpha value is -1.71. The van der Waals surface area contributed by atoms with Gasteiger partial charge >= 0.3 is 5.97 Å². The Morgan fingerprint density at radius 1 is 1.53 bits per heavy atom. The summed E-state index contributed by atoms with van der Waals surface area (Å²) < 4.78 is 5.33. The molecule has 0 aromatic heterocycles. The van der Waals surface area contributed by atoms with Gasteiger partial charge in [-0.15, -0.1) is 0 Å². The minimum atomic E-state index is -1.06. The number of aromatic hydroxyl groups is 1. The van der Waals surface area contributed by atoms with E-state index < -0.39 is 11.4 Å². The molecule has 2 rings (SSSR count). The lowest BCUT2D eigenvalue weighted by Crippen LogP contribution is -2.37. The average Bonchev–Trinajstić information content (AvgIpc) is 2.17. The van der Waals surface area contributed by atoms with Crippen molar-refractivity contribution >= 4 is 5.97 Å². The molecule has 0 radical (unpaired) electrons. The first kappa shape index (κ1) is 9.83. The van der Waals surface area contributed by atoms with Gasteiger partial charge in [0.15, 0.2) is 0 Å². The molecule has 0 aliphatic carbocycles. The van der Waals surface area contributed by atoms with Crippen LogP contribution in [0.25, 0.3) is 0 Å². The van der Waals surface area contributed by atoms with E-state index in [-0.39, 0.29) is 5.75 Å². The van der Waals surface area contributed by atoms with Gasteiger partial charge in [0.05, 0.1) is 12.2 Å². The quantitative estimate of drug-likeness (QED) is 0.734. The third kappa shape index (κ3) is 1.33. The molecule has 1 atom stereocenters. The zero-order valence-corrected chi connectivity index (χ0v) is 8.36. The average molecular weight is 208 g/mol. The van der Waals surface area contributed by atoms with Gasteiger partial charge in [-0.05, 0) is 19.1 Å². The normalized spacial score (nSPS) is 24.1. The van der Waals surface area contributed by atoms with Crippen molar-refractivity contribution in [2.45, 2.75) is 18.8 Å². The lowest BCUT2D eigenvalue weighted by molar-refractivity contribution is -0.144. The monoisotopic (exact) mass is 208 g/mol. The number of hydrogen-bond donors (Lipinski definition) is 2. The van der Waals surface area contributed by atoms with Gasteiger partial charge in [0.1, 0.15) is 16.9 Å². The molecule has 0 saturated carbocycles. The van der Waals surface area contributed by atoms with E-state index in [4.69, 9.17) is 4.74 Å². The van der Waals surface area contributed by atoms with E-state index in [9.17, 15) is 15.0 Å². The van der Waals surface area contributed by atoms with Crippen LogP contribution in [0.5, 0.6) is 11.5 Å². The number of carboxylic acids is 1. The van der Waals surface area contributed by atoms with Crippen molar-refractivity contribution in [3.63, 3.8) is 0 Å². The molecular weight excluding hydrogens is 196 g/mol. The molecule has 80 valence electrons. The Morgan fingerprint density at radius 3 is 2.93 bits per heavy atom. The molecule has 1 aliphatic rings. The Balaban J connectivity index is 2.64. The summed E-state index contributed by atoms with van der Waals surface area (Å²) in [4.78, 5) is 11.2. The molecule has 0 saturated heterocycles. The molecule has 0 spiro atoms. The van der Waals surface area contributed by atoms with Crippen LogP contribution in [0.3, 0.4) is 0 Å². The fourth-order valence-electron chi connectivity index (χ4n) is 1.90. The van der Waals surface area contributed by atoms with Crippen LogP contribution < -0.4 is 4.74 Å². The summed E-state index contributed by atoms with van der Waals surface area (Å²) in [5.41, 5.74) is -0.678. The fourth-order valence-corrected chi connectivity index (χ4v) is 1.90. The minimum Gasteiger partial charge on any atom is -0.507 e. The van der Waals surface area contributed by atoms with Gasteiger partial charge in [0.25, 0.3) is 0 Å². The number of ether oxygens (including phenoxy) is 1. The molecular formula is C11H12O4. The van der Waals surface area contributed by atoms with E-state index >= 15 is 0 Å². The highest BCUT2D eigenvalue weighted by Crippen LogP contribution is 2.43. The molecule has 1 unspecified atom stereocenters. The van der Waals surface area contributed by atoms with Crippen LogP contribution in [0.15, 0.2) is 18.2 Å². The number of carbonyl (C=O) groups is 1. The summed E-state index contributed by atoms with van der Waals surface area (Å²) in [6.07, 6.45) is 0.368. The van der Waals surface area contributed by atoms with Crippen LogP contribution in [0.1, 0.15) is 18.9 Å². The van der Waals surface area contributed by atoms with Crippen molar-refractivity contribution in [1.82, 2.24) is 0 Å². The first-order chi connectivity index (χ1) is 7.05. The first-order valence-electron chi connectivity index (χ1n) is 4.74. The second kappa shape index (κ2) is 3.15. The van der Waals surface area contributed by atoms with E-state index in [0.29, 0.717) is 24.3 Å². The highest BCUT2D eigenvalue weighted by atomic mass is 16.5. The van der Waals surface area contributed by atoms with Gasteiger partial charge in [-0.3, -0.25) is 4.79 Å². The maximum Gasteiger partial charge on any atom is 0.314 e. The molecule has 1 aromatic rings. The topological polar surface area (TPSA) is 66.8 Å². The summed E-state index contributed by atoms with van der Waals surface area (Å²) >= 11 is 0. The van der Waals surface area contributed by atoms with Crippen LogP contribution in [-0.4, -0.2) is 22.8 Å². The lowest BCUT2D eigenvalue weighted by Gasteiger charge is -2.32. The zero-order chi connectivity index (χ0) is 11.1. The summed E-state index contributed by atoms with van der Waals surface area (Å²) in [5, 5.41) is 18.9. The SMILES string of the molecule is CC1(C(=O)O)CCOc2cccc(O)c21. The van der Waals surface area contributed by atoms with Gasteiger partial charge < -0.3 is 14.9 Å². The Bertz CT molecular complexity index is 413. The number of benzene rings is 1. The molecule has 2 N–H and O–H groups in total. The first-order valence-corrected chi connectivity index (χ1v) is 4.74. The third-order valence-electron chi connectivity index (χ3n) is 2.89. The van der Waals surface area contributed by atoms with Crippen molar-refractivity contribution in [3.8, 4) is 11.5 Å². The Labute approximate surface area is 87.1 Å². The van der Waals surface area contributed by atoms with Crippen LogP contribution >= 0.6 is 0 Å². The van der Waals surface area contributed by atoms with Crippen molar-refractivity contribution in [3.05, 3.63) is 23.8 Å². The molecule has 1 heterocycles. The van der Waals surface area contributed by atoms with Gasteiger partial charge in [0.2, 0.25) is 0 Å². The van der Waals surface area contributed by atoms with Crippen molar-refractivity contribution in [1.29, 1.82) is 0 Å². The second-order valence-corrected chi connectivity index (χ2v) is 3.89. The molecule has 15 heavy (non-hydrogen) atoms. The molecule has 4 nitrogen and oxygen atoms in total. The predicted octanol–water partition coefficient (Wildman–Crippen LogP) is 1.52. The smallest absolute Gasteiger partial charge is 0.314 e. The van der Waals surface area contributed by atoms with Crippen LogP contribution in [0, 0.1) is 0 Å². The van der Waals surface area contributed by atoms with Crippen LogP contribution in [0.4, 0.5) is 0 Å². The largest absolute Gasteiger partial charge is 0.507 e. The summed E-state index contributed by atoms with van der Waals surface area (Å²) in [7, 11) is 0. The Kier molecular flexibility index (Phi) is 2.07. The maximum absolute atomic E-state index is 11.2. The number of carboxylic acid groups (broad SMARTS) is 1. The van der Waals surface area contributed by atoms with Gasteiger partial charge in [-0.1, -0.05) is 6.07 Å². The van der Waals surface area contributed by atoms with E-state index in [1.54, 1.807) is 19.1 Å². The number of rotatable bonds is 1.